The molecule has 0 saturated carbocycles. The zero-order chi connectivity index (χ0) is 19.4. The van der Waals surface area contributed by atoms with Crippen LogP contribution in [-0.2, 0) is 11.2 Å². The summed E-state index contributed by atoms with van der Waals surface area (Å²) in [7, 11) is 1.58. The van der Waals surface area contributed by atoms with Gasteiger partial charge in [-0.1, -0.05) is 36.3 Å². The van der Waals surface area contributed by atoms with Crippen LogP contribution in [0, 0.1) is 0 Å². The number of thiophene rings is 1. The molecule has 0 aliphatic rings. The highest BCUT2D eigenvalue weighted by molar-refractivity contribution is 9.11. The number of benzene rings is 1. The maximum atomic E-state index is 12.3. The van der Waals surface area contributed by atoms with E-state index < -0.39 is 0 Å². The van der Waals surface area contributed by atoms with Crippen LogP contribution in [0.1, 0.15) is 22.2 Å². The van der Waals surface area contributed by atoms with Crippen molar-refractivity contribution in [2.75, 3.05) is 18.9 Å². The van der Waals surface area contributed by atoms with Gasteiger partial charge in [0.1, 0.15) is 5.69 Å². The van der Waals surface area contributed by atoms with Gasteiger partial charge in [0.15, 0.2) is 0 Å². The summed E-state index contributed by atoms with van der Waals surface area (Å²) in [5.41, 5.74) is 2.79. The zero-order valence-electron chi connectivity index (χ0n) is 14.9. The highest BCUT2D eigenvalue weighted by atomic mass is 79.9. The molecule has 2 aromatic heterocycles. The number of amides is 2. The fraction of sp³-hybridized carbons (Fsp3) is 0.211. The molecule has 0 radical (unpaired) electrons. The van der Waals surface area contributed by atoms with Crippen molar-refractivity contribution in [2.24, 2.45) is 0 Å². The topological polar surface area (TPSA) is 75.4 Å². The Hall–Kier alpha value is -2.45. The molecule has 1 aromatic carbocycles. The fourth-order valence-electron chi connectivity index (χ4n) is 2.46. The summed E-state index contributed by atoms with van der Waals surface area (Å²) in [5, 5.41) is 6.62. The first-order chi connectivity index (χ1) is 13.0. The summed E-state index contributed by atoms with van der Waals surface area (Å²) in [6.45, 7) is 2.01. The second kappa shape index (κ2) is 8.49. The fourth-order valence-corrected chi connectivity index (χ4v) is 3.84. The molecule has 27 heavy (non-hydrogen) atoms. The zero-order valence-corrected chi connectivity index (χ0v) is 17.3. The van der Waals surface area contributed by atoms with Gasteiger partial charge in [-0.25, -0.2) is 0 Å². The monoisotopic (exact) mass is 447 g/mol. The molecule has 3 aromatic rings. The summed E-state index contributed by atoms with van der Waals surface area (Å²) in [6.07, 6.45) is 0.967. The Morgan fingerprint density at radius 1 is 1.22 bits per heavy atom. The number of aromatic nitrogens is 1. The SMILES string of the molecule is CCc1ccc(-c2cc(NC(=O)CN(C)C(=O)c3ccc(Br)s3)on2)cc1. The van der Waals surface area contributed by atoms with E-state index in [1.807, 2.05) is 24.3 Å². The molecule has 1 N–H and O–H groups in total. The Balaban J connectivity index is 1.59. The number of halogens is 1. The number of anilines is 1. The van der Waals surface area contributed by atoms with Gasteiger partial charge < -0.3 is 9.42 Å². The summed E-state index contributed by atoms with van der Waals surface area (Å²) >= 11 is 4.65. The van der Waals surface area contributed by atoms with Gasteiger partial charge in [-0.3, -0.25) is 14.9 Å². The Labute approximate surface area is 169 Å². The summed E-state index contributed by atoms with van der Waals surface area (Å²) in [5.74, 6) is -0.324. The van der Waals surface area contributed by atoms with E-state index in [0.29, 0.717) is 10.6 Å². The average Bonchev–Trinajstić information content (AvgIpc) is 3.30. The number of likely N-dealkylation sites (N-methyl/N-ethyl adjacent to an activating group) is 1. The molecule has 3 rings (SSSR count). The van der Waals surface area contributed by atoms with Crippen LogP contribution in [-0.4, -0.2) is 35.5 Å². The van der Waals surface area contributed by atoms with Gasteiger partial charge in [-0.15, -0.1) is 11.3 Å². The van der Waals surface area contributed by atoms with Crippen LogP contribution in [0.5, 0.6) is 0 Å². The lowest BCUT2D eigenvalue weighted by atomic mass is 10.1. The predicted octanol–water partition coefficient (Wildman–Crippen LogP) is 4.44. The van der Waals surface area contributed by atoms with E-state index in [1.165, 1.54) is 21.8 Å². The van der Waals surface area contributed by atoms with Crippen LogP contribution < -0.4 is 5.32 Å². The molecule has 2 amide bonds. The lowest BCUT2D eigenvalue weighted by Gasteiger charge is -2.14. The smallest absolute Gasteiger partial charge is 0.264 e. The Bertz CT molecular complexity index is 949. The average molecular weight is 448 g/mol. The lowest BCUT2D eigenvalue weighted by molar-refractivity contribution is -0.116. The van der Waals surface area contributed by atoms with Crippen molar-refractivity contribution in [1.82, 2.24) is 10.1 Å². The second-order valence-corrected chi connectivity index (χ2v) is 8.40. The van der Waals surface area contributed by atoms with Crippen molar-refractivity contribution in [1.29, 1.82) is 0 Å². The van der Waals surface area contributed by atoms with Crippen molar-refractivity contribution in [3.63, 3.8) is 0 Å². The van der Waals surface area contributed by atoms with Gasteiger partial charge in [0.05, 0.1) is 15.2 Å². The van der Waals surface area contributed by atoms with Crippen LogP contribution >= 0.6 is 27.3 Å². The van der Waals surface area contributed by atoms with E-state index >= 15 is 0 Å². The Kier molecular flexibility index (Phi) is 6.08. The number of carbonyl (C=O) groups excluding carboxylic acids is 2. The number of nitrogens with one attached hydrogen (secondary N) is 1. The van der Waals surface area contributed by atoms with Gasteiger partial charge in [0.2, 0.25) is 11.8 Å². The van der Waals surface area contributed by atoms with Gasteiger partial charge in [0, 0.05) is 18.7 Å². The molecule has 0 bridgehead atoms. The number of hydrogen-bond acceptors (Lipinski definition) is 5. The lowest BCUT2D eigenvalue weighted by Crippen LogP contribution is -2.34. The van der Waals surface area contributed by atoms with Crippen LogP contribution in [0.25, 0.3) is 11.3 Å². The third kappa shape index (κ3) is 4.84. The molecule has 0 aliphatic carbocycles. The quantitative estimate of drug-likeness (QED) is 0.605. The van der Waals surface area contributed by atoms with E-state index in [1.54, 1.807) is 25.2 Å². The minimum atomic E-state index is -0.356. The highest BCUT2D eigenvalue weighted by Crippen LogP contribution is 2.24. The van der Waals surface area contributed by atoms with Gasteiger partial charge in [0.25, 0.3) is 5.91 Å². The van der Waals surface area contributed by atoms with Crippen molar-refractivity contribution < 1.29 is 14.1 Å². The maximum Gasteiger partial charge on any atom is 0.264 e. The maximum absolute atomic E-state index is 12.3. The summed E-state index contributed by atoms with van der Waals surface area (Å²) < 4.78 is 6.05. The predicted molar refractivity (Wildman–Crippen MR) is 109 cm³/mol. The first-order valence-corrected chi connectivity index (χ1v) is 9.94. The number of hydrogen-bond donors (Lipinski definition) is 1. The van der Waals surface area contributed by atoms with Crippen molar-refractivity contribution >= 4 is 45.0 Å². The van der Waals surface area contributed by atoms with E-state index in [2.05, 4.69) is 33.3 Å². The molecule has 0 fully saturated rings. The second-order valence-electron chi connectivity index (χ2n) is 5.94. The number of nitrogens with zero attached hydrogens (tertiary/aromatic N) is 2. The van der Waals surface area contributed by atoms with Gasteiger partial charge in [-0.05, 0) is 40.0 Å². The van der Waals surface area contributed by atoms with E-state index in [0.717, 1.165) is 15.8 Å². The molecule has 140 valence electrons. The molecule has 6 nitrogen and oxygen atoms in total. The van der Waals surface area contributed by atoms with Gasteiger partial charge in [-0.2, -0.15) is 0 Å². The minimum absolute atomic E-state index is 0.0877. The molecule has 2 heterocycles. The minimum Gasteiger partial charge on any atom is -0.338 e. The molecule has 0 atom stereocenters. The van der Waals surface area contributed by atoms with Crippen LogP contribution in [0.3, 0.4) is 0 Å². The molecular formula is C19H18BrN3O3S. The van der Waals surface area contributed by atoms with E-state index in [9.17, 15) is 9.59 Å². The molecule has 0 saturated heterocycles. The third-order valence-corrected chi connectivity index (χ3v) is 5.55. The number of aryl methyl sites for hydroxylation is 1. The standard InChI is InChI=1S/C19H18BrN3O3S/c1-3-12-4-6-13(7-5-12)14-10-18(26-22-14)21-17(24)11-23(2)19(25)15-8-9-16(20)27-15/h4-10H,3,11H2,1-2H3,(H,21,24). The Morgan fingerprint density at radius 3 is 2.59 bits per heavy atom. The van der Waals surface area contributed by atoms with E-state index in [-0.39, 0.29) is 24.2 Å². The van der Waals surface area contributed by atoms with Crippen LogP contribution in [0.15, 0.2) is 50.8 Å². The molecule has 0 spiro atoms. The van der Waals surface area contributed by atoms with Gasteiger partial charge >= 0.3 is 0 Å². The first-order valence-electron chi connectivity index (χ1n) is 8.33. The summed E-state index contributed by atoms with van der Waals surface area (Å²) in [4.78, 5) is 26.4. The number of carbonyl (C=O) groups is 2. The molecule has 0 unspecified atom stereocenters. The first kappa shape index (κ1) is 19.3. The van der Waals surface area contributed by atoms with E-state index in [4.69, 9.17) is 4.52 Å². The van der Waals surface area contributed by atoms with Crippen LogP contribution in [0.4, 0.5) is 5.88 Å². The highest BCUT2D eigenvalue weighted by Gasteiger charge is 2.18. The van der Waals surface area contributed by atoms with Crippen molar-refractivity contribution in [2.45, 2.75) is 13.3 Å². The van der Waals surface area contributed by atoms with Crippen LogP contribution in [0.2, 0.25) is 0 Å². The third-order valence-electron chi connectivity index (χ3n) is 3.94. The molecule has 8 heteroatoms. The molecular weight excluding hydrogens is 430 g/mol. The summed E-state index contributed by atoms with van der Waals surface area (Å²) in [6, 6.07) is 13.2. The van der Waals surface area contributed by atoms with Crippen molar-refractivity contribution in [3.8, 4) is 11.3 Å². The Morgan fingerprint density at radius 2 is 1.96 bits per heavy atom. The van der Waals surface area contributed by atoms with Crippen molar-refractivity contribution in [3.05, 3.63) is 56.7 Å². The normalized spacial score (nSPS) is 10.6. The molecule has 0 aliphatic heterocycles. The largest absolute Gasteiger partial charge is 0.338 e. The number of rotatable bonds is 6.